The fourth-order valence-corrected chi connectivity index (χ4v) is 1.63. The molecule has 0 amide bonds. The lowest BCUT2D eigenvalue weighted by Crippen LogP contribution is -2.27. The molecule has 1 unspecified atom stereocenters. The molecule has 0 aromatic heterocycles. The van der Waals surface area contributed by atoms with Crippen LogP contribution in [0.3, 0.4) is 0 Å². The van der Waals surface area contributed by atoms with Gasteiger partial charge in [0.1, 0.15) is 0 Å². The molecule has 0 fully saturated rings. The number of ether oxygens (including phenoxy) is 1. The lowest BCUT2D eigenvalue weighted by molar-refractivity contribution is 0.118. The second kappa shape index (κ2) is 10.3. The summed E-state index contributed by atoms with van der Waals surface area (Å²) in [4.78, 5) is 0. The summed E-state index contributed by atoms with van der Waals surface area (Å²) < 4.78 is 5.09. The number of aliphatic hydroxyl groups excluding tert-OH is 1. The van der Waals surface area contributed by atoms with Gasteiger partial charge in [0.25, 0.3) is 0 Å². The third-order valence-corrected chi connectivity index (χ3v) is 2.77. The lowest BCUT2D eigenvalue weighted by Gasteiger charge is -2.10. The summed E-state index contributed by atoms with van der Waals surface area (Å²) in [6.07, 6.45) is 1.20. The van der Waals surface area contributed by atoms with Gasteiger partial charge in [-0.3, -0.25) is 0 Å². The van der Waals surface area contributed by atoms with Crippen LogP contribution in [0.15, 0.2) is 0 Å². The third-order valence-electron chi connectivity index (χ3n) is 1.70. The molecule has 0 aromatic carbocycles. The maximum Gasteiger partial charge on any atom is 0.0667 e. The van der Waals surface area contributed by atoms with E-state index in [2.05, 4.69) is 5.32 Å². The average Bonchev–Trinajstić information content (AvgIpc) is 2.16. The second-order valence-electron chi connectivity index (χ2n) is 2.94. The summed E-state index contributed by atoms with van der Waals surface area (Å²) in [6, 6.07) is 0. The average molecular weight is 207 g/mol. The zero-order valence-corrected chi connectivity index (χ0v) is 9.40. The van der Waals surface area contributed by atoms with Crippen molar-refractivity contribution >= 4 is 11.8 Å². The molecule has 0 aromatic rings. The van der Waals surface area contributed by atoms with Crippen LogP contribution in [0.4, 0.5) is 0 Å². The van der Waals surface area contributed by atoms with Crippen molar-refractivity contribution in [1.82, 2.24) is 5.32 Å². The molecule has 0 aliphatic rings. The first-order valence-electron chi connectivity index (χ1n) is 4.73. The first kappa shape index (κ1) is 13.2. The smallest absolute Gasteiger partial charge is 0.0667 e. The van der Waals surface area contributed by atoms with E-state index in [9.17, 15) is 0 Å². The highest BCUT2D eigenvalue weighted by molar-refractivity contribution is 7.99. The molecule has 2 N–H and O–H groups in total. The first-order chi connectivity index (χ1) is 6.31. The Hall–Kier alpha value is 0.230. The molecule has 0 saturated carbocycles. The van der Waals surface area contributed by atoms with Gasteiger partial charge in [0.15, 0.2) is 0 Å². The fourth-order valence-electron chi connectivity index (χ4n) is 0.802. The molecule has 1 atom stereocenters. The summed E-state index contributed by atoms with van der Waals surface area (Å²) in [5.74, 6) is 2.16. The molecule has 80 valence electrons. The highest BCUT2D eigenvalue weighted by Gasteiger charge is 1.96. The van der Waals surface area contributed by atoms with Gasteiger partial charge < -0.3 is 15.2 Å². The summed E-state index contributed by atoms with van der Waals surface area (Å²) in [5, 5.41) is 11.8. The van der Waals surface area contributed by atoms with E-state index in [0.29, 0.717) is 12.7 Å². The number of rotatable bonds is 9. The van der Waals surface area contributed by atoms with E-state index in [1.165, 1.54) is 0 Å². The summed E-state index contributed by atoms with van der Waals surface area (Å²) in [6.45, 7) is 4.29. The predicted octanol–water partition coefficient (Wildman–Crippen LogP) is 0.726. The molecule has 0 rings (SSSR count). The van der Waals surface area contributed by atoms with Gasteiger partial charge in [-0.15, -0.1) is 0 Å². The molecule has 0 saturated heterocycles. The molecule has 4 heteroatoms. The Morgan fingerprint density at radius 3 is 2.85 bits per heavy atom. The van der Waals surface area contributed by atoms with Gasteiger partial charge in [-0.1, -0.05) is 0 Å². The largest absolute Gasteiger partial charge is 0.396 e. The van der Waals surface area contributed by atoms with E-state index in [1.807, 2.05) is 18.7 Å². The number of aliphatic hydroxyl groups is 1. The van der Waals surface area contributed by atoms with Crippen molar-refractivity contribution in [2.24, 2.45) is 0 Å². The molecule has 0 aliphatic heterocycles. The maximum atomic E-state index is 8.53. The van der Waals surface area contributed by atoms with Crippen LogP contribution in [0.25, 0.3) is 0 Å². The van der Waals surface area contributed by atoms with Crippen LogP contribution in [0.1, 0.15) is 13.3 Å². The summed E-state index contributed by atoms with van der Waals surface area (Å²) >= 11 is 1.87. The van der Waals surface area contributed by atoms with E-state index in [1.54, 1.807) is 7.11 Å². The topological polar surface area (TPSA) is 41.5 Å². The van der Waals surface area contributed by atoms with Gasteiger partial charge in [0, 0.05) is 32.6 Å². The van der Waals surface area contributed by atoms with Crippen LogP contribution in [-0.4, -0.2) is 49.5 Å². The highest BCUT2D eigenvalue weighted by Crippen LogP contribution is 1.99. The minimum absolute atomic E-state index is 0.294. The number of methoxy groups -OCH3 is 1. The minimum Gasteiger partial charge on any atom is -0.396 e. The van der Waals surface area contributed by atoms with Crippen molar-refractivity contribution < 1.29 is 9.84 Å². The van der Waals surface area contributed by atoms with E-state index in [4.69, 9.17) is 9.84 Å². The van der Waals surface area contributed by atoms with Crippen molar-refractivity contribution in [2.75, 3.05) is 38.3 Å². The van der Waals surface area contributed by atoms with Crippen molar-refractivity contribution in [3.8, 4) is 0 Å². The Morgan fingerprint density at radius 2 is 2.23 bits per heavy atom. The van der Waals surface area contributed by atoms with Crippen molar-refractivity contribution in [2.45, 2.75) is 19.4 Å². The molecule has 0 bridgehead atoms. The van der Waals surface area contributed by atoms with Crippen LogP contribution in [0.5, 0.6) is 0 Å². The highest BCUT2D eigenvalue weighted by atomic mass is 32.2. The zero-order chi connectivity index (χ0) is 9.94. The van der Waals surface area contributed by atoms with Gasteiger partial charge in [-0.05, 0) is 19.1 Å². The monoisotopic (exact) mass is 207 g/mol. The third kappa shape index (κ3) is 10.1. The minimum atomic E-state index is 0.294. The number of hydrogen-bond donors (Lipinski definition) is 2. The quantitative estimate of drug-likeness (QED) is 0.547. The van der Waals surface area contributed by atoms with Gasteiger partial charge in [-0.2, -0.15) is 11.8 Å². The van der Waals surface area contributed by atoms with E-state index in [0.717, 1.165) is 31.0 Å². The summed E-state index contributed by atoms with van der Waals surface area (Å²) in [5.41, 5.74) is 0. The molecule has 0 heterocycles. The maximum absolute atomic E-state index is 8.53. The normalized spacial score (nSPS) is 13.2. The number of thioether (sulfide) groups is 1. The first-order valence-corrected chi connectivity index (χ1v) is 5.88. The Balaban J connectivity index is 2.91. The van der Waals surface area contributed by atoms with E-state index >= 15 is 0 Å². The lowest BCUT2D eigenvalue weighted by atomic mass is 10.4. The van der Waals surface area contributed by atoms with Crippen LogP contribution in [0, 0.1) is 0 Å². The van der Waals surface area contributed by atoms with Crippen molar-refractivity contribution in [3.63, 3.8) is 0 Å². The molecular weight excluding hydrogens is 186 g/mol. The Bertz CT molecular complexity index is 104. The van der Waals surface area contributed by atoms with E-state index < -0.39 is 0 Å². The van der Waals surface area contributed by atoms with Crippen LogP contribution < -0.4 is 5.32 Å². The Kier molecular flexibility index (Phi) is 10.5. The molecule has 0 aliphatic carbocycles. The number of hydrogen-bond acceptors (Lipinski definition) is 4. The molecule has 13 heavy (non-hydrogen) atoms. The fraction of sp³-hybridized carbons (Fsp3) is 1.00. The Labute approximate surface area is 85.2 Å². The molecule has 0 spiro atoms. The zero-order valence-electron chi connectivity index (χ0n) is 8.58. The molecule has 3 nitrogen and oxygen atoms in total. The second-order valence-corrected chi connectivity index (χ2v) is 4.16. The SMILES string of the molecule is COC(C)CNCCSCCCO. The Morgan fingerprint density at radius 1 is 1.46 bits per heavy atom. The van der Waals surface area contributed by atoms with E-state index in [-0.39, 0.29) is 0 Å². The standard InChI is InChI=1S/C9H21NO2S/c1-9(12-2)8-10-4-7-13-6-3-5-11/h9-11H,3-8H2,1-2H3. The van der Waals surface area contributed by atoms with Crippen LogP contribution in [0.2, 0.25) is 0 Å². The number of nitrogens with one attached hydrogen (secondary N) is 1. The van der Waals surface area contributed by atoms with Crippen LogP contribution in [-0.2, 0) is 4.74 Å². The van der Waals surface area contributed by atoms with Gasteiger partial charge in [0.05, 0.1) is 6.10 Å². The molecule has 0 radical (unpaired) electrons. The van der Waals surface area contributed by atoms with Crippen LogP contribution >= 0.6 is 11.8 Å². The van der Waals surface area contributed by atoms with Crippen molar-refractivity contribution in [1.29, 1.82) is 0 Å². The van der Waals surface area contributed by atoms with Crippen molar-refractivity contribution in [3.05, 3.63) is 0 Å². The summed E-state index contributed by atoms with van der Waals surface area (Å²) in [7, 11) is 1.72. The predicted molar refractivity (Wildman–Crippen MR) is 58.4 cm³/mol. The van der Waals surface area contributed by atoms with Gasteiger partial charge >= 0.3 is 0 Å². The van der Waals surface area contributed by atoms with Gasteiger partial charge in [-0.25, -0.2) is 0 Å². The molecular formula is C9H21NO2S. The van der Waals surface area contributed by atoms with Gasteiger partial charge in [0.2, 0.25) is 0 Å².